The molecule has 0 aliphatic rings. The molecule has 3 aromatic heterocycles. The summed E-state index contributed by atoms with van der Waals surface area (Å²) in [5, 5.41) is 14.9. The Kier molecular flexibility index (Phi) is 3.14. The molecule has 0 amide bonds. The zero-order chi connectivity index (χ0) is 15.8. The third-order valence-corrected chi connectivity index (χ3v) is 4.50. The second-order valence-corrected chi connectivity index (χ2v) is 6.09. The van der Waals surface area contributed by atoms with Gasteiger partial charge in [-0.2, -0.15) is 14.9 Å². The van der Waals surface area contributed by atoms with Gasteiger partial charge in [-0.15, -0.1) is 0 Å². The van der Waals surface area contributed by atoms with E-state index < -0.39 is 0 Å². The fourth-order valence-corrected chi connectivity index (χ4v) is 3.27. The van der Waals surface area contributed by atoms with Gasteiger partial charge in [-0.3, -0.25) is 4.98 Å². The van der Waals surface area contributed by atoms with E-state index >= 15 is 0 Å². The van der Waals surface area contributed by atoms with Gasteiger partial charge in [0, 0.05) is 23.5 Å². The molecular formula is C17H11N5S. The average Bonchev–Trinajstić information content (AvgIpc) is 3.13. The summed E-state index contributed by atoms with van der Waals surface area (Å²) < 4.78 is 1.61. The molecule has 110 valence electrons. The van der Waals surface area contributed by atoms with Gasteiger partial charge < -0.3 is 0 Å². The van der Waals surface area contributed by atoms with Crippen molar-refractivity contribution in [2.24, 2.45) is 0 Å². The Hall–Kier alpha value is -3.04. The number of nitriles is 1. The number of hydrogen-bond donors (Lipinski definition) is 0. The van der Waals surface area contributed by atoms with E-state index in [1.165, 1.54) is 16.9 Å². The van der Waals surface area contributed by atoms with Gasteiger partial charge >= 0.3 is 0 Å². The van der Waals surface area contributed by atoms with Crippen molar-refractivity contribution >= 4 is 16.3 Å². The Morgan fingerprint density at radius 2 is 1.96 bits per heavy atom. The molecule has 3 heterocycles. The van der Waals surface area contributed by atoms with Gasteiger partial charge in [-0.1, -0.05) is 41.2 Å². The Bertz CT molecular complexity index is 1020. The maximum atomic E-state index is 9.52. The van der Waals surface area contributed by atoms with E-state index in [9.17, 15) is 5.26 Å². The van der Waals surface area contributed by atoms with E-state index in [2.05, 4.69) is 21.1 Å². The fraction of sp³-hybridized carbons (Fsp3) is 0.0588. The van der Waals surface area contributed by atoms with Crippen LogP contribution in [0.4, 0.5) is 0 Å². The summed E-state index contributed by atoms with van der Waals surface area (Å²) in [6, 6.07) is 14.1. The Balaban J connectivity index is 1.87. The predicted molar refractivity (Wildman–Crippen MR) is 89.0 cm³/mol. The third kappa shape index (κ3) is 2.28. The quantitative estimate of drug-likeness (QED) is 0.565. The molecule has 0 unspecified atom stereocenters. The molecule has 4 aromatic rings. The lowest BCUT2D eigenvalue weighted by molar-refractivity contribution is 0.960. The van der Waals surface area contributed by atoms with Crippen molar-refractivity contribution < 1.29 is 0 Å². The lowest BCUT2D eigenvalue weighted by Crippen LogP contribution is -1.91. The summed E-state index contributed by atoms with van der Waals surface area (Å²) in [4.78, 5) is 9.37. The molecule has 0 aliphatic carbocycles. The minimum absolute atomic E-state index is 0.433. The van der Waals surface area contributed by atoms with E-state index in [1.54, 1.807) is 16.9 Å². The molecule has 5 nitrogen and oxygen atoms in total. The molecule has 0 saturated heterocycles. The van der Waals surface area contributed by atoms with Crippen molar-refractivity contribution in [3.63, 3.8) is 0 Å². The molecule has 0 spiro atoms. The van der Waals surface area contributed by atoms with E-state index in [4.69, 9.17) is 0 Å². The number of nitrogens with zero attached hydrogens (tertiary/aromatic N) is 5. The van der Waals surface area contributed by atoms with Crippen LogP contribution in [0.25, 0.3) is 26.8 Å². The molecule has 0 fully saturated rings. The van der Waals surface area contributed by atoms with Crippen molar-refractivity contribution in [3.8, 4) is 27.9 Å². The summed E-state index contributed by atoms with van der Waals surface area (Å²) in [5.41, 5.74) is 4.10. The minimum atomic E-state index is 0.433. The molecular weight excluding hydrogens is 306 g/mol. The SMILES string of the molecule is Cc1ccc(-c2nn3c(C#N)c(-c4cccnc4)nc3s2)cc1. The Morgan fingerprint density at radius 3 is 2.65 bits per heavy atom. The average molecular weight is 317 g/mol. The van der Waals surface area contributed by atoms with Crippen LogP contribution in [-0.2, 0) is 0 Å². The molecule has 1 aromatic carbocycles. The van der Waals surface area contributed by atoms with Crippen molar-refractivity contribution in [2.75, 3.05) is 0 Å². The first kappa shape index (κ1) is 13.6. The Morgan fingerprint density at radius 1 is 1.13 bits per heavy atom. The zero-order valence-electron chi connectivity index (χ0n) is 12.3. The van der Waals surface area contributed by atoms with Crippen molar-refractivity contribution in [3.05, 3.63) is 60.0 Å². The van der Waals surface area contributed by atoms with Crippen LogP contribution in [0.3, 0.4) is 0 Å². The van der Waals surface area contributed by atoms with Gasteiger partial charge in [-0.25, -0.2) is 4.98 Å². The van der Waals surface area contributed by atoms with Crippen molar-refractivity contribution in [1.82, 2.24) is 19.6 Å². The van der Waals surface area contributed by atoms with Crippen molar-refractivity contribution in [2.45, 2.75) is 6.92 Å². The standard InChI is InChI=1S/C17H11N5S/c1-11-4-6-12(7-5-11)16-21-22-14(9-18)15(20-17(22)23-16)13-3-2-8-19-10-13/h2-8,10H,1H3. The van der Waals surface area contributed by atoms with Crippen molar-refractivity contribution in [1.29, 1.82) is 5.26 Å². The first-order valence-electron chi connectivity index (χ1n) is 7.03. The van der Waals surface area contributed by atoms with Crippen LogP contribution in [0, 0.1) is 18.3 Å². The Labute approximate surface area is 136 Å². The molecule has 6 heteroatoms. The number of aryl methyl sites for hydroxylation is 1. The highest BCUT2D eigenvalue weighted by molar-refractivity contribution is 7.19. The summed E-state index contributed by atoms with van der Waals surface area (Å²) in [7, 11) is 0. The van der Waals surface area contributed by atoms with Crippen LogP contribution >= 0.6 is 11.3 Å². The number of pyridine rings is 1. The first-order chi connectivity index (χ1) is 11.3. The fourth-order valence-electron chi connectivity index (χ4n) is 2.37. The maximum Gasteiger partial charge on any atom is 0.214 e. The first-order valence-corrected chi connectivity index (χ1v) is 7.85. The van der Waals surface area contributed by atoms with Crippen LogP contribution in [0.2, 0.25) is 0 Å². The van der Waals surface area contributed by atoms with Crippen LogP contribution < -0.4 is 0 Å². The van der Waals surface area contributed by atoms with E-state index in [0.29, 0.717) is 16.3 Å². The maximum absolute atomic E-state index is 9.52. The smallest absolute Gasteiger partial charge is 0.214 e. The molecule has 0 N–H and O–H groups in total. The van der Waals surface area contributed by atoms with E-state index in [0.717, 1.165) is 16.1 Å². The minimum Gasteiger partial charge on any atom is -0.264 e. The number of benzene rings is 1. The lowest BCUT2D eigenvalue weighted by Gasteiger charge is -1.97. The number of fused-ring (bicyclic) bond motifs is 1. The molecule has 23 heavy (non-hydrogen) atoms. The van der Waals surface area contributed by atoms with E-state index in [-0.39, 0.29) is 0 Å². The van der Waals surface area contributed by atoms with Gasteiger partial charge in [0.2, 0.25) is 4.96 Å². The van der Waals surface area contributed by atoms with Gasteiger partial charge in [-0.05, 0) is 19.1 Å². The van der Waals surface area contributed by atoms with Gasteiger partial charge in [0.25, 0.3) is 0 Å². The number of aromatic nitrogens is 4. The second-order valence-electron chi connectivity index (χ2n) is 5.13. The molecule has 0 atom stereocenters. The van der Waals surface area contributed by atoms with Crippen LogP contribution in [0.1, 0.15) is 11.3 Å². The summed E-state index contributed by atoms with van der Waals surface area (Å²) in [6.07, 6.45) is 3.40. The van der Waals surface area contributed by atoms with Crippen LogP contribution in [-0.4, -0.2) is 19.6 Å². The number of hydrogen-bond acceptors (Lipinski definition) is 5. The number of imidazole rings is 1. The largest absolute Gasteiger partial charge is 0.264 e. The molecule has 4 rings (SSSR count). The lowest BCUT2D eigenvalue weighted by atomic mass is 10.2. The van der Waals surface area contributed by atoms with Crippen LogP contribution in [0.15, 0.2) is 48.8 Å². The predicted octanol–water partition coefficient (Wildman–Crippen LogP) is 3.70. The summed E-state index contributed by atoms with van der Waals surface area (Å²) in [6.45, 7) is 2.05. The second kappa shape index (κ2) is 5.30. The van der Waals surface area contributed by atoms with E-state index in [1.807, 2.05) is 43.3 Å². The van der Waals surface area contributed by atoms with Gasteiger partial charge in [0.1, 0.15) is 16.8 Å². The molecule has 0 aliphatic heterocycles. The monoisotopic (exact) mass is 317 g/mol. The molecule has 0 saturated carbocycles. The van der Waals surface area contributed by atoms with Crippen LogP contribution in [0.5, 0.6) is 0 Å². The number of rotatable bonds is 2. The van der Waals surface area contributed by atoms with Gasteiger partial charge in [0.05, 0.1) is 0 Å². The highest BCUT2D eigenvalue weighted by atomic mass is 32.1. The third-order valence-electron chi connectivity index (χ3n) is 3.54. The van der Waals surface area contributed by atoms with Gasteiger partial charge in [0.15, 0.2) is 5.69 Å². The summed E-state index contributed by atoms with van der Waals surface area (Å²) in [5.74, 6) is 0. The molecule has 0 radical (unpaired) electrons. The molecule has 0 bridgehead atoms. The topological polar surface area (TPSA) is 66.9 Å². The highest BCUT2D eigenvalue weighted by Gasteiger charge is 2.18. The highest BCUT2D eigenvalue weighted by Crippen LogP contribution is 2.30. The summed E-state index contributed by atoms with van der Waals surface area (Å²) >= 11 is 1.47. The zero-order valence-corrected chi connectivity index (χ0v) is 13.1. The normalized spacial score (nSPS) is 10.8.